The predicted molar refractivity (Wildman–Crippen MR) is 110 cm³/mol. The number of rotatable bonds is 6. The minimum atomic E-state index is -0.211. The van der Waals surface area contributed by atoms with Crippen LogP contribution in [0.4, 0.5) is 10.6 Å². The molecular weight excluding hydrogens is 364 g/mol. The van der Waals surface area contributed by atoms with Crippen molar-refractivity contribution < 1.29 is 4.79 Å². The molecule has 7 nitrogen and oxygen atoms in total. The molecule has 2 amide bonds. The Bertz CT molecular complexity index is 903. The van der Waals surface area contributed by atoms with E-state index in [0.29, 0.717) is 12.4 Å². The molecule has 0 aliphatic carbocycles. The molecule has 2 N–H and O–H groups in total. The number of nitrogens with zero attached hydrogens (tertiary/aromatic N) is 4. The summed E-state index contributed by atoms with van der Waals surface area (Å²) in [6.07, 6.45) is 5.45. The van der Waals surface area contributed by atoms with E-state index in [1.165, 1.54) is 0 Å². The van der Waals surface area contributed by atoms with E-state index < -0.39 is 0 Å². The summed E-state index contributed by atoms with van der Waals surface area (Å²) in [6.45, 7) is 3.35. The highest BCUT2D eigenvalue weighted by atomic mass is 16.2. The van der Waals surface area contributed by atoms with Crippen molar-refractivity contribution >= 4 is 11.8 Å². The Morgan fingerprint density at radius 1 is 1.14 bits per heavy atom. The van der Waals surface area contributed by atoms with E-state index in [-0.39, 0.29) is 12.1 Å². The van der Waals surface area contributed by atoms with Crippen LogP contribution in [0.25, 0.3) is 0 Å². The Balaban J connectivity index is 1.20. The van der Waals surface area contributed by atoms with Crippen LogP contribution in [0.1, 0.15) is 24.1 Å². The van der Waals surface area contributed by atoms with Gasteiger partial charge in [0.1, 0.15) is 0 Å². The fourth-order valence-corrected chi connectivity index (χ4v) is 3.47. The third-order valence-corrected chi connectivity index (χ3v) is 4.96. The van der Waals surface area contributed by atoms with Crippen molar-refractivity contribution in [2.45, 2.75) is 32.0 Å². The molecule has 1 aromatic carbocycles. The summed E-state index contributed by atoms with van der Waals surface area (Å²) >= 11 is 0. The van der Waals surface area contributed by atoms with Crippen LogP contribution in [0, 0.1) is 12.1 Å². The molecule has 7 heteroatoms. The van der Waals surface area contributed by atoms with Crippen LogP contribution in [-0.2, 0) is 13.1 Å². The summed E-state index contributed by atoms with van der Waals surface area (Å²) in [5.74, 6) is 0.534. The first kappa shape index (κ1) is 19.0. The van der Waals surface area contributed by atoms with Gasteiger partial charge in [-0.25, -0.2) is 4.79 Å². The lowest BCUT2D eigenvalue weighted by molar-refractivity contribution is 0.190. The average molecular weight is 388 g/mol. The first-order valence-corrected chi connectivity index (χ1v) is 9.85. The normalized spacial score (nSPS) is 14.9. The Hall–Kier alpha value is -3.37. The van der Waals surface area contributed by atoms with E-state index in [9.17, 15) is 4.79 Å². The number of carbonyl (C=O) groups is 1. The fourth-order valence-electron chi connectivity index (χ4n) is 3.47. The first-order chi connectivity index (χ1) is 14.2. The molecule has 0 atom stereocenters. The minimum Gasteiger partial charge on any atom is -0.335 e. The Kier molecular flexibility index (Phi) is 6.03. The molecule has 1 aliphatic rings. The monoisotopic (exact) mass is 388 g/mol. The van der Waals surface area contributed by atoms with E-state index in [4.69, 9.17) is 0 Å². The smallest absolute Gasteiger partial charge is 0.320 e. The molecule has 1 aliphatic heterocycles. The van der Waals surface area contributed by atoms with Crippen molar-refractivity contribution in [2.75, 3.05) is 18.4 Å². The van der Waals surface area contributed by atoms with Crippen molar-refractivity contribution in [3.63, 3.8) is 0 Å². The van der Waals surface area contributed by atoms with Crippen molar-refractivity contribution in [1.29, 1.82) is 0 Å². The Morgan fingerprint density at radius 3 is 2.79 bits per heavy atom. The SMILES string of the molecule is O=C(Nc1ccn(Cc2ccccn2)n1)NC1CCN(Cc2c#cccc2)CC1. The number of pyridine rings is 1. The van der Waals surface area contributed by atoms with E-state index in [2.05, 4.69) is 43.8 Å². The second-order valence-corrected chi connectivity index (χ2v) is 7.19. The van der Waals surface area contributed by atoms with Gasteiger partial charge in [-0.2, -0.15) is 5.10 Å². The maximum atomic E-state index is 12.3. The molecule has 0 saturated carbocycles. The van der Waals surface area contributed by atoms with Crippen LogP contribution >= 0.6 is 0 Å². The van der Waals surface area contributed by atoms with Gasteiger partial charge in [0.2, 0.25) is 0 Å². The number of hydrogen-bond donors (Lipinski definition) is 2. The number of piperidine rings is 1. The second kappa shape index (κ2) is 9.22. The Morgan fingerprint density at radius 2 is 2.03 bits per heavy atom. The van der Waals surface area contributed by atoms with Gasteiger partial charge in [-0.1, -0.05) is 24.3 Å². The lowest BCUT2D eigenvalue weighted by atomic mass is 10.0. The zero-order chi connectivity index (χ0) is 19.9. The largest absolute Gasteiger partial charge is 0.335 e. The third kappa shape index (κ3) is 5.56. The highest BCUT2D eigenvalue weighted by Crippen LogP contribution is 2.13. The molecule has 0 bridgehead atoms. The predicted octanol–water partition coefficient (Wildman–Crippen LogP) is 2.71. The number of urea groups is 1. The van der Waals surface area contributed by atoms with Crippen LogP contribution in [0.3, 0.4) is 0 Å². The van der Waals surface area contributed by atoms with Crippen molar-refractivity contribution in [2.24, 2.45) is 0 Å². The summed E-state index contributed by atoms with van der Waals surface area (Å²) in [5, 5.41) is 10.3. The van der Waals surface area contributed by atoms with Gasteiger partial charge in [0.25, 0.3) is 0 Å². The van der Waals surface area contributed by atoms with E-state index >= 15 is 0 Å². The first-order valence-electron chi connectivity index (χ1n) is 9.85. The molecule has 29 heavy (non-hydrogen) atoms. The number of amides is 2. The Labute approximate surface area is 170 Å². The van der Waals surface area contributed by atoms with Crippen molar-refractivity contribution in [3.8, 4) is 0 Å². The molecule has 2 aromatic heterocycles. The maximum absolute atomic E-state index is 12.3. The maximum Gasteiger partial charge on any atom is 0.320 e. The van der Waals surface area contributed by atoms with Gasteiger partial charge in [-0.05, 0) is 37.1 Å². The van der Waals surface area contributed by atoms with Gasteiger partial charge in [-0.3, -0.25) is 19.9 Å². The molecular formula is C22H24N6O. The summed E-state index contributed by atoms with van der Waals surface area (Å²) in [7, 11) is 0. The number of anilines is 1. The summed E-state index contributed by atoms with van der Waals surface area (Å²) in [5.41, 5.74) is 2.07. The van der Waals surface area contributed by atoms with Crippen molar-refractivity contribution in [3.05, 3.63) is 78.2 Å². The molecule has 148 valence electrons. The van der Waals surface area contributed by atoms with Gasteiger partial charge in [0.05, 0.1) is 12.2 Å². The van der Waals surface area contributed by atoms with Gasteiger partial charge in [0, 0.05) is 49.7 Å². The van der Waals surface area contributed by atoms with Crippen LogP contribution in [0.2, 0.25) is 0 Å². The lowest BCUT2D eigenvalue weighted by Gasteiger charge is -2.32. The second-order valence-electron chi connectivity index (χ2n) is 7.19. The molecule has 3 heterocycles. The molecule has 0 spiro atoms. The quantitative estimate of drug-likeness (QED) is 0.681. The summed E-state index contributed by atoms with van der Waals surface area (Å²) < 4.78 is 1.76. The fraction of sp³-hybridized carbons (Fsp3) is 0.318. The lowest BCUT2D eigenvalue weighted by Crippen LogP contribution is -2.45. The van der Waals surface area contributed by atoms with E-state index in [1.807, 2.05) is 36.5 Å². The highest BCUT2D eigenvalue weighted by molar-refractivity contribution is 5.88. The highest BCUT2D eigenvalue weighted by Gasteiger charge is 2.21. The number of aromatic nitrogens is 3. The zero-order valence-electron chi connectivity index (χ0n) is 16.2. The molecule has 1 saturated heterocycles. The van der Waals surface area contributed by atoms with E-state index in [0.717, 1.165) is 43.7 Å². The molecule has 4 rings (SSSR count). The number of nitrogens with one attached hydrogen (secondary N) is 2. The zero-order valence-corrected chi connectivity index (χ0v) is 16.2. The van der Waals surface area contributed by atoms with Crippen LogP contribution < -0.4 is 10.6 Å². The van der Waals surface area contributed by atoms with Crippen molar-refractivity contribution in [1.82, 2.24) is 25.0 Å². The minimum absolute atomic E-state index is 0.174. The number of carbonyl (C=O) groups excluding carboxylic acids is 1. The topological polar surface area (TPSA) is 75.1 Å². The number of hydrogen-bond acceptors (Lipinski definition) is 4. The van der Waals surface area contributed by atoms with E-state index in [1.54, 1.807) is 16.9 Å². The summed E-state index contributed by atoms with van der Waals surface area (Å²) in [4.78, 5) is 19.0. The van der Waals surface area contributed by atoms with Crippen LogP contribution in [0.15, 0.2) is 54.9 Å². The molecule has 0 unspecified atom stereocenters. The van der Waals surface area contributed by atoms with Gasteiger partial charge < -0.3 is 5.32 Å². The number of likely N-dealkylation sites (tertiary alicyclic amines) is 1. The van der Waals surface area contributed by atoms with Crippen LogP contribution in [0.5, 0.6) is 0 Å². The standard InChI is InChI=1S/C22H24N6O/c29-22(25-21-11-15-28(26-21)17-20-8-4-5-12-23-20)24-19-9-13-27(14-10-19)16-18-6-2-1-3-7-18/h1-2,4-6,8,11-12,15,19H,9-10,13-14,16-17H2,(H2,24,25,26,29). The molecule has 3 aromatic rings. The molecule has 0 radical (unpaired) electrons. The van der Waals surface area contributed by atoms with Gasteiger partial charge >= 0.3 is 6.03 Å². The van der Waals surface area contributed by atoms with Crippen LogP contribution in [-0.4, -0.2) is 44.8 Å². The van der Waals surface area contributed by atoms with Gasteiger partial charge in [0.15, 0.2) is 5.82 Å². The van der Waals surface area contributed by atoms with Gasteiger partial charge in [-0.15, -0.1) is 0 Å². The average Bonchev–Trinajstić information content (AvgIpc) is 3.17. The summed E-state index contributed by atoms with van der Waals surface area (Å²) in [6, 6.07) is 19.6. The third-order valence-electron chi connectivity index (χ3n) is 4.96. The molecule has 1 fully saturated rings.